The number of aryl methyl sites for hydroxylation is 1. The molecule has 21 heavy (non-hydrogen) atoms. The van der Waals surface area contributed by atoms with E-state index in [0.29, 0.717) is 10.6 Å². The molecule has 0 bridgehead atoms. The van der Waals surface area contributed by atoms with Crippen molar-refractivity contribution in [1.82, 2.24) is 9.62 Å². The zero-order valence-electron chi connectivity index (χ0n) is 12.4. The van der Waals surface area contributed by atoms with Crippen molar-refractivity contribution in [2.24, 2.45) is 0 Å². The van der Waals surface area contributed by atoms with Gasteiger partial charge >= 0.3 is 0 Å². The van der Waals surface area contributed by atoms with Gasteiger partial charge < -0.3 is 10.6 Å². The van der Waals surface area contributed by atoms with Crippen LogP contribution in [0.2, 0.25) is 5.02 Å². The fourth-order valence-corrected chi connectivity index (χ4v) is 4.42. The van der Waals surface area contributed by atoms with Gasteiger partial charge in [-0.1, -0.05) is 18.5 Å². The molecule has 0 aliphatic carbocycles. The van der Waals surface area contributed by atoms with Gasteiger partial charge in [0.2, 0.25) is 10.0 Å². The summed E-state index contributed by atoms with van der Waals surface area (Å²) < 4.78 is 27.9. The second-order valence-corrected chi connectivity index (χ2v) is 7.58. The average molecular weight is 332 g/mol. The van der Waals surface area contributed by atoms with Crippen LogP contribution in [0.1, 0.15) is 25.3 Å². The van der Waals surface area contributed by atoms with E-state index < -0.39 is 10.0 Å². The maximum atomic E-state index is 12.6. The van der Waals surface area contributed by atoms with Gasteiger partial charge in [-0.25, -0.2) is 13.1 Å². The van der Waals surface area contributed by atoms with Crippen LogP contribution in [-0.4, -0.2) is 39.0 Å². The Balaban J connectivity index is 2.20. The van der Waals surface area contributed by atoms with E-state index in [-0.39, 0.29) is 16.6 Å². The van der Waals surface area contributed by atoms with E-state index in [0.717, 1.165) is 32.5 Å². The van der Waals surface area contributed by atoms with Crippen molar-refractivity contribution in [2.75, 3.05) is 25.4 Å². The van der Waals surface area contributed by atoms with Crippen LogP contribution in [0.25, 0.3) is 0 Å². The Morgan fingerprint density at radius 3 is 2.86 bits per heavy atom. The Labute approximate surface area is 131 Å². The van der Waals surface area contributed by atoms with Crippen molar-refractivity contribution < 1.29 is 8.42 Å². The minimum atomic E-state index is -3.58. The summed E-state index contributed by atoms with van der Waals surface area (Å²) in [7, 11) is -3.58. The van der Waals surface area contributed by atoms with Crippen LogP contribution in [0, 0.1) is 6.92 Å². The molecule has 0 amide bonds. The summed E-state index contributed by atoms with van der Waals surface area (Å²) in [6.45, 7) is 6.52. The van der Waals surface area contributed by atoms with Crippen molar-refractivity contribution in [3.63, 3.8) is 0 Å². The second-order valence-electron chi connectivity index (χ2n) is 5.49. The first-order chi connectivity index (χ1) is 9.83. The third kappa shape index (κ3) is 3.88. The lowest BCUT2D eigenvalue weighted by Gasteiger charge is -2.32. The van der Waals surface area contributed by atoms with Gasteiger partial charge in [0.25, 0.3) is 0 Å². The fraction of sp³-hybridized carbons (Fsp3) is 0.571. The van der Waals surface area contributed by atoms with Gasteiger partial charge in [-0.15, -0.1) is 0 Å². The molecule has 0 saturated carbocycles. The Hall–Kier alpha value is -0.820. The highest BCUT2D eigenvalue weighted by molar-refractivity contribution is 7.89. The van der Waals surface area contributed by atoms with Gasteiger partial charge in [0.15, 0.2) is 0 Å². The number of anilines is 1. The van der Waals surface area contributed by atoms with E-state index in [1.807, 2.05) is 0 Å². The second kappa shape index (κ2) is 6.52. The van der Waals surface area contributed by atoms with Crippen molar-refractivity contribution in [3.05, 3.63) is 22.7 Å². The van der Waals surface area contributed by atoms with Crippen LogP contribution in [0.4, 0.5) is 5.69 Å². The number of likely N-dealkylation sites (N-methyl/N-ethyl adjacent to an activating group) is 1. The number of halogens is 1. The Morgan fingerprint density at radius 2 is 2.19 bits per heavy atom. The summed E-state index contributed by atoms with van der Waals surface area (Å²) in [5, 5.41) is 0.376. The molecule has 3 N–H and O–H groups in total. The molecule has 1 aliphatic rings. The number of benzene rings is 1. The predicted molar refractivity (Wildman–Crippen MR) is 86.1 cm³/mol. The number of hydrogen-bond donors (Lipinski definition) is 2. The Kier molecular flexibility index (Phi) is 5.14. The van der Waals surface area contributed by atoms with Gasteiger partial charge in [0.1, 0.15) is 0 Å². The number of nitrogens with one attached hydrogen (secondary N) is 1. The fourth-order valence-electron chi connectivity index (χ4n) is 2.68. The van der Waals surface area contributed by atoms with Gasteiger partial charge in [0.05, 0.1) is 15.6 Å². The quantitative estimate of drug-likeness (QED) is 0.827. The minimum Gasteiger partial charge on any atom is -0.397 e. The maximum Gasteiger partial charge on any atom is 0.241 e. The topological polar surface area (TPSA) is 75.4 Å². The molecular formula is C14H22ClN3O2S. The number of nitrogens with two attached hydrogens (primary N) is 1. The molecular weight excluding hydrogens is 310 g/mol. The average Bonchev–Trinajstić information content (AvgIpc) is 2.42. The molecule has 0 spiro atoms. The molecule has 7 heteroatoms. The number of nitrogen functional groups attached to an aromatic ring is 1. The predicted octanol–water partition coefficient (Wildman–Crippen LogP) is 1.99. The number of sulfonamides is 1. The maximum absolute atomic E-state index is 12.6. The number of nitrogens with zero attached hydrogens (tertiary/aromatic N) is 1. The molecule has 1 atom stereocenters. The minimum absolute atomic E-state index is 0.0556. The first kappa shape index (κ1) is 16.5. The third-order valence-corrected chi connectivity index (χ3v) is 5.85. The summed E-state index contributed by atoms with van der Waals surface area (Å²) in [6, 6.07) is 2.96. The smallest absolute Gasteiger partial charge is 0.241 e. The first-order valence-electron chi connectivity index (χ1n) is 7.13. The molecule has 1 unspecified atom stereocenters. The molecule has 1 saturated heterocycles. The van der Waals surface area contributed by atoms with E-state index in [4.69, 9.17) is 17.3 Å². The lowest BCUT2D eigenvalue weighted by molar-refractivity contribution is 0.211. The summed E-state index contributed by atoms with van der Waals surface area (Å²) in [6.07, 6.45) is 1.86. The lowest BCUT2D eigenvalue weighted by Crippen LogP contribution is -2.47. The highest BCUT2D eigenvalue weighted by atomic mass is 35.5. The molecule has 1 aliphatic heterocycles. The summed E-state index contributed by atoms with van der Waals surface area (Å²) in [4.78, 5) is 2.46. The van der Waals surface area contributed by atoms with Gasteiger partial charge in [-0.2, -0.15) is 0 Å². The van der Waals surface area contributed by atoms with Crippen LogP contribution >= 0.6 is 11.6 Å². The van der Waals surface area contributed by atoms with E-state index >= 15 is 0 Å². The largest absolute Gasteiger partial charge is 0.397 e. The summed E-state index contributed by atoms with van der Waals surface area (Å²) in [5.41, 5.74) is 6.61. The summed E-state index contributed by atoms with van der Waals surface area (Å²) in [5.74, 6) is 0. The number of likely N-dealkylation sites (tertiary alicyclic amines) is 1. The summed E-state index contributed by atoms with van der Waals surface area (Å²) >= 11 is 5.92. The van der Waals surface area contributed by atoms with Crippen LogP contribution in [0.3, 0.4) is 0 Å². The zero-order chi connectivity index (χ0) is 15.6. The monoisotopic (exact) mass is 331 g/mol. The molecule has 0 radical (unpaired) electrons. The number of rotatable bonds is 4. The van der Waals surface area contributed by atoms with Gasteiger partial charge in [-0.3, -0.25) is 0 Å². The van der Waals surface area contributed by atoms with Crippen molar-refractivity contribution in [3.8, 4) is 0 Å². The Bertz CT molecular complexity index is 619. The van der Waals surface area contributed by atoms with Crippen molar-refractivity contribution in [1.29, 1.82) is 0 Å². The number of hydrogen-bond acceptors (Lipinski definition) is 4. The zero-order valence-corrected chi connectivity index (χ0v) is 14.0. The Morgan fingerprint density at radius 1 is 1.48 bits per heavy atom. The molecule has 118 valence electrons. The van der Waals surface area contributed by atoms with E-state index in [1.165, 1.54) is 6.07 Å². The number of piperidine rings is 1. The molecule has 1 fully saturated rings. The van der Waals surface area contributed by atoms with Crippen molar-refractivity contribution in [2.45, 2.75) is 37.6 Å². The molecule has 0 aromatic heterocycles. The van der Waals surface area contributed by atoms with E-state index in [9.17, 15) is 8.42 Å². The van der Waals surface area contributed by atoms with Crippen LogP contribution in [-0.2, 0) is 10.0 Å². The van der Waals surface area contributed by atoms with Crippen LogP contribution < -0.4 is 10.5 Å². The van der Waals surface area contributed by atoms with Crippen LogP contribution in [0.5, 0.6) is 0 Å². The normalized spacial score (nSPS) is 20.6. The molecule has 1 aromatic carbocycles. The van der Waals surface area contributed by atoms with Crippen LogP contribution in [0.15, 0.2) is 17.0 Å². The molecule has 1 aromatic rings. The lowest BCUT2D eigenvalue weighted by atomic mass is 10.1. The molecule has 2 rings (SSSR count). The van der Waals surface area contributed by atoms with Crippen molar-refractivity contribution >= 4 is 27.3 Å². The highest BCUT2D eigenvalue weighted by Crippen LogP contribution is 2.26. The standard InChI is InChI=1S/C14H22ClN3O2S/c1-3-18-6-4-5-11(9-18)17-21(19,20)14-8-13(16)12(15)7-10(14)2/h7-8,11,17H,3-6,9,16H2,1-2H3. The van der Waals surface area contributed by atoms with Gasteiger partial charge in [-0.05, 0) is 50.6 Å². The SMILES string of the molecule is CCN1CCCC(NS(=O)(=O)c2cc(N)c(Cl)cc2C)C1. The third-order valence-electron chi connectivity index (χ3n) is 3.86. The molecule has 1 heterocycles. The van der Waals surface area contributed by atoms with E-state index in [1.54, 1.807) is 13.0 Å². The first-order valence-corrected chi connectivity index (χ1v) is 9.00. The highest BCUT2D eigenvalue weighted by Gasteiger charge is 2.26. The van der Waals surface area contributed by atoms with Gasteiger partial charge in [0, 0.05) is 12.6 Å². The molecule has 5 nitrogen and oxygen atoms in total. The van der Waals surface area contributed by atoms with E-state index in [2.05, 4.69) is 16.5 Å².